The van der Waals surface area contributed by atoms with E-state index in [1.165, 1.54) is 4.90 Å². The number of aromatic amines is 1. The first-order valence-corrected chi connectivity index (χ1v) is 6.97. The van der Waals surface area contributed by atoms with Crippen LogP contribution in [0.4, 0.5) is 0 Å². The van der Waals surface area contributed by atoms with E-state index in [1.54, 1.807) is 6.20 Å². The Labute approximate surface area is 121 Å². The van der Waals surface area contributed by atoms with Crippen molar-refractivity contribution in [2.45, 2.75) is 31.7 Å². The highest BCUT2D eigenvalue weighted by atomic mass is 16.4. The van der Waals surface area contributed by atoms with Crippen molar-refractivity contribution in [3.8, 4) is 0 Å². The number of carbonyl (C=O) groups excluding carboxylic acids is 1. The molecule has 1 atom stereocenters. The minimum atomic E-state index is -0.922. The second-order valence-corrected chi connectivity index (χ2v) is 5.14. The van der Waals surface area contributed by atoms with Gasteiger partial charge in [0.1, 0.15) is 11.9 Å². The lowest BCUT2D eigenvalue weighted by atomic mass is 10.2. The van der Waals surface area contributed by atoms with Crippen LogP contribution in [0.25, 0.3) is 11.2 Å². The molecule has 1 saturated heterocycles. The Morgan fingerprint density at radius 1 is 1.48 bits per heavy atom. The molecule has 0 bridgehead atoms. The van der Waals surface area contributed by atoms with Crippen molar-refractivity contribution in [2.24, 2.45) is 0 Å². The van der Waals surface area contributed by atoms with Crippen molar-refractivity contribution in [3.63, 3.8) is 0 Å². The summed E-state index contributed by atoms with van der Waals surface area (Å²) in [6.45, 7) is 0.525. The minimum Gasteiger partial charge on any atom is -0.480 e. The zero-order valence-corrected chi connectivity index (χ0v) is 11.5. The van der Waals surface area contributed by atoms with E-state index in [9.17, 15) is 9.59 Å². The maximum Gasteiger partial charge on any atom is 0.326 e. The second kappa shape index (κ2) is 5.51. The lowest BCUT2D eigenvalue weighted by Crippen LogP contribution is -2.40. The van der Waals surface area contributed by atoms with Gasteiger partial charge in [-0.2, -0.15) is 0 Å². The van der Waals surface area contributed by atoms with Gasteiger partial charge in [-0.15, -0.1) is 0 Å². The predicted molar refractivity (Wildman–Crippen MR) is 74.6 cm³/mol. The first-order chi connectivity index (χ1) is 10.1. The van der Waals surface area contributed by atoms with Crippen molar-refractivity contribution < 1.29 is 14.7 Å². The van der Waals surface area contributed by atoms with Crippen LogP contribution < -0.4 is 0 Å². The summed E-state index contributed by atoms with van der Waals surface area (Å²) < 4.78 is 0. The summed E-state index contributed by atoms with van der Waals surface area (Å²) in [6.07, 6.45) is 3.66. The van der Waals surface area contributed by atoms with Gasteiger partial charge in [-0.3, -0.25) is 4.79 Å². The fourth-order valence-electron chi connectivity index (χ4n) is 2.70. The molecule has 110 valence electrons. The number of nitrogens with one attached hydrogen (secondary N) is 1. The average molecular weight is 288 g/mol. The van der Waals surface area contributed by atoms with E-state index >= 15 is 0 Å². The van der Waals surface area contributed by atoms with Gasteiger partial charge in [0.05, 0.1) is 5.52 Å². The Bertz CT molecular complexity index is 649. The van der Waals surface area contributed by atoms with Crippen LogP contribution in [0.15, 0.2) is 18.3 Å². The fraction of sp³-hybridized carbons (Fsp3) is 0.429. The number of imidazole rings is 1. The van der Waals surface area contributed by atoms with Crippen molar-refractivity contribution >= 4 is 23.0 Å². The molecule has 3 rings (SSSR count). The van der Waals surface area contributed by atoms with Crippen LogP contribution >= 0.6 is 0 Å². The smallest absolute Gasteiger partial charge is 0.326 e. The van der Waals surface area contributed by atoms with Gasteiger partial charge in [-0.25, -0.2) is 14.8 Å². The molecule has 1 aliphatic heterocycles. The summed E-state index contributed by atoms with van der Waals surface area (Å²) in [7, 11) is 0. The zero-order valence-electron chi connectivity index (χ0n) is 11.5. The predicted octanol–water partition coefficient (Wildman–Crippen LogP) is 0.966. The van der Waals surface area contributed by atoms with Crippen LogP contribution in [-0.2, 0) is 16.0 Å². The Balaban J connectivity index is 1.64. The molecular weight excluding hydrogens is 272 g/mol. The highest BCUT2D eigenvalue weighted by Crippen LogP contribution is 2.19. The van der Waals surface area contributed by atoms with Crippen LogP contribution in [-0.4, -0.2) is 49.4 Å². The number of aromatic nitrogens is 3. The summed E-state index contributed by atoms with van der Waals surface area (Å²) in [4.78, 5) is 36.3. The molecule has 1 aliphatic rings. The number of rotatable bonds is 4. The third kappa shape index (κ3) is 2.72. The van der Waals surface area contributed by atoms with E-state index < -0.39 is 12.0 Å². The summed E-state index contributed by atoms with van der Waals surface area (Å²) in [5.74, 6) is -0.356. The van der Waals surface area contributed by atoms with Gasteiger partial charge in [0.25, 0.3) is 0 Å². The van der Waals surface area contributed by atoms with Crippen LogP contribution in [0.3, 0.4) is 0 Å². The van der Waals surface area contributed by atoms with Crippen LogP contribution in [0, 0.1) is 0 Å². The largest absolute Gasteiger partial charge is 0.480 e. The number of H-pyrrole nitrogens is 1. The van der Waals surface area contributed by atoms with Gasteiger partial charge >= 0.3 is 5.97 Å². The number of carboxylic acid groups (broad SMARTS) is 1. The third-order valence-corrected chi connectivity index (χ3v) is 3.74. The lowest BCUT2D eigenvalue weighted by Gasteiger charge is -2.21. The Morgan fingerprint density at radius 2 is 2.33 bits per heavy atom. The molecule has 1 unspecified atom stereocenters. The number of likely N-dealkylation sites (tertiary alicyclic amines) is 1. The number of fused-ring (bicyclic) bond motifs is 1. The average Bonchev–Trinajstić information content (AvgIpc) is 3.10. The first kappa shape index (κ1) is 13.5. The van der Waals surface area contributed by atoms with Gasteiger partial charge in [-0.05, 0) is 25.0 Å². The quantitative estimate of drug-likeness (QED) is 0.873. The van der Waals surface area contributed by atoms with Crippen molar-refractivity contribution in [1.82, 2.24) is 19.9 Å². The molecule has 1 fully saturated rings. The number of amides is 1. The molecule has 0 aromatic carbocycles. The monoisotopic (exact) mass is 288 g/mol. The number of aryl methyl sites for hydroxylation is 1. The fourth-order valence-corrected chi connectivity index (χ4v) is 2.70. The van der Waals surface area contributed by atoms with E-state index in [0.717, 1.165) is 11.9 Å². The molecule has 2 aromatic heterocycles. The molecule has 0 aliphatic carbocycles. The summed E-state index contributed by atoms with van der Waals surface area (Å²) in [5, 5.41) is 9.09. The molecule has 3 heterocycles. The maximum atomic E-state index is 12.2. The lowest BCUT2D eigenvalue weighted by molar-refractivity contribution is -0.148. The zero-order chi connectivity index (χ0) is 14.8. The number of carbonyl (C=O) groups is 2. The number of nitrogens with zero attached hydrogens (tertiary/aromatic N) is 3. The normalized spacial score (nSPS) is 18.3. The molecule has 7 heteroatoms. The SMILES string of the molecule is O=C(O)C1CCCN1C(=O)CCc1nc2ncccc2[nH]1. The standard InChI is InChI=1S/C14H16N4O3/c19-12(18-8-2-4-10(18)14(20)21)6-5-11-16-9-3-1-7-15-13(9)17-11/h1,3,7,10H,2,4-6,8H2,(H,20,21)(H,15,16,17). The second-order valence-electron chi connectivity index (χ2n) is 5.14. The number of hydrogen-bond acceptors (Lipinski definition) is 4. The molecule has 0 spiro atoms. The topological polar surface area (TPSA) is 99.2 Å². The van der Waals surface area contributed by atoms with Crippen LogP contribution in [0.2, 0.25) is 0 Å². The van der Waals surface area contributed by atoms with E-state index in [0.29, 0.717) is 30.9 Å². The van der Waals surface area contributed by atoms with E-state index in [1.807, 2.05) is 12.1 Å². The third-order valence-electron chi connectivity index (χ3n) is 3.74. The first-order valence-electron chi connectivity index (χ1n) is 6.97. The van der Waals surface area contributed by atoms with Crippen molar-refractivity contribution in [2.75, 3.05) is 6.54 Å². The Kier molecular flexibility index (Phi) is 3.55. The highest BCUT2D eigenvalue weighted by molar-refractivity contribution is 5.84. The van der Waals surface area contributed by atoms with Gasteiger partial charge in [-0.1, -0.05) is 0 Å². The highest BCUT2D eigenvalue weighted by Gasteiger charge is 2.33. The van der Waals surface area contributed by atoms with Gasteiger partial charge in [0.15, 0.2) is 5.65 Å². The van der Waals surface area contributed by atoms with Crippen molar-refractivity contribution in [3.05, 3.63) is 24.2 Å². The maximum absolute atomic E-state index is 12.2. The van der Waals surface area contributed by atoms with Crippen LogP contribution in [0.5, 0.6) is 0 Å². The van der Waals surface area contributed by atoms with E-state index in [-0.39, 0.29) is 12.3 Å². The van der Waals surface area contributed by atoms with Gasteiger partial charge < -0.3 is 15.0 Å². The molecule has 0 radical (unpaired) electrons. The molecule has 21 heavy (non-hydrogen) atoms. The van der Waals surface area contributed by atoms with E-state index in [4.69, 9.17) is 5.11 Å². The minimum absolute atomic E-state index is 0.131. The number of carboxylic acids is 1. The molecular formula is C14H16N4O3. The summed E-state index contributed by atoms with van der Waals surface area (Å²) in [5.41, 5.74) is 1.47. The number of aliphatic carboxylic acids is 1. The molecule has 2 N–H and O–H groups in total. The molecule has 1 amide bonds. The molecule has 2 aromatic rings. The van der Waals surface area contributed by atoms with Crippen molar-refractivity contribution in [1.29, 1.82) is 0 Å². The van der Waals surface area contributed by atoms with Gasteiger partial charge in [0, 0.05) is 25.6 Å². The summed E-state index contributed by atoms with van der Waals surface area (Å²) in [6, 6.07) is 3.02. The Morgan fingerprint density at radius 3 is 3.10 bits per heavy atom. The molecule has 0 saturated carbocycles. The number of pyridine rings is 1. The summed E-state index contributed by atoms with van der Waals surface area (Å²) >= 11 is 0. The van der Waals surface area contributed by atoms with Crippen LogP contribution in [0.1, 0.15) is 25.1 Å². The number of hydrogen-bond donors (Lipinski definition) is 2. The van der Waals surface area contributed by atoms with Gasteiger partial charge in [0.2, 0.25) is 5.91 Å². The molecule has 7 nitrogen and oxygen atoms in total. The van der Waals surface area contributed by atoms with E-state index in [2.05, 4.69) is 15.0 Å². The Hall–Kier alpha value is -2.44.